The average molecular weight is 114 g/mol. The van der Waals surface area contributed by atoms with Crippen molar-refractivity contribution < 1.29 is 4.79 Å². The Hall–Kier alpha value is -0.370. The Morgan fingerprint density at radius 3 is 2.25 bits per heavy atom. The normalized spacial score (nSPS) is 10.0. The highest BCUT2D eigenvalue weighted by molar-refractivity contribution is 5.77. The first kappa shape index (κ1) is 7.63. The van der Waals surface area contributed by atoms with Crippen molar-refractivity contribution in [2.24, 2.45) is 0 Å². The van der Waals surface area contributed by atoms with E-state index in [0.717, 1.165) is 0 Å². The first-order valence-electron chi connectivity index (χ1n) is 2.68. The predicted molar refractivity (Wildman–Crippen MR) is 33.6 cm³/mol. The molecule has 0 saturated heterocycles. The summed E-state index contributed by atoms with van der Waals surface area (Å²) < 4.78 is 0. The van der Waals surface area contributed by atoms with Crippen LogP contribution >= 0.6 is 0 Å². The summed E-state index contributed by atoms with van der Waals surface area (Å²) in [4.78, 5) is 12.2. The van der Waals surface area contributed by atoms with Gasteiger partial charge >= 0.3 is 5.91 Å². The summed E-state index contributed by atoms with van der Waals surface area (Å²) in [6, 6.07) is 0. The van der Waals surface area contributed by atoms with E-state index >= 15 is 0 Å². The van der Waals surface area contributed by atoms with Crippen LogP contribution in [-0.2, 0) is 4.79 Å². The first-order chi connectivity index (χ1) is 3.68. The lowest BCUT2D eigenvalue weighted by Gasteiger charge is -1.92. The van der Waals surface area contributed by atoms with Crippen molar-refractivity contribution in [1.29, 1.82) is 0 Å². The van der Waals surface area contributed by atoms with Gasteiger partial charge in [-0.25, -0.2) is 4.79 Å². The molecular weight excluding hydrogens is 102 g/mol. The molecule has 0 aromatic rings. The van der Waals surface area contributed by atoms with Crippen molar-refractivity contribution in [1.82, 2.24) is 4.90 Å². The van der Waals surface area contributed by atoms with Crippen LogP contribution in [0.4, 0.5) is 0 Å². The van der Waals surface area contributed by atoms with Crippen LogP contribution in [-0.4, -0.2) is 20.0 Å². The fourth-order valence-corrected chi connectivity index (χ4v) is 0.375. The lowest BCUT2D eigenvalue weighted by Crippen LogP contribution is -2.26. The molecule has 0 heterocycles. The Balaban J connectivity index is 3.33. The molecule has 2 nitrogen and oxygen atoms in total. The highest BCUT2D eigenvalue weighted by Crippen LogP contribution is 1.87. The monoisotopic (exact) mass is 114 g/mol. The van der Waals surface area contributed by atoms with Gasteiger partial charge in [0, 0.05) is 0 Å². The quantitative estimate of drug-likeness (QED) is 0.480. The molecule has 0 aromatic carbocycles. The van der Waals surface area contributed by atoms with Gasteiger partial charge in [0.05, 0.1) is 6.42 Å². The Kier molecular flexibility index (Phi) is 3.44. The standard InChI is InChI=1S/C6H12NO/c1-4-5-6(8)7(2)3/h1,4-5H2,2-3H3/q+1. The molecule has 0 atom stereocenters. The Morgan fingerprint density at radius 1 is 1.62 bits per heavy atom. The second kappa shape index (κ2) is 3.61. The number of hydrogen-bond donors (Lipinski definition) is 0. The molecule has 0 rings (SSSR count). The van der Waals surface area contributed by atoms with Gasteiger partial charge in [0.15, 0.2) is 0 Å². The molecule has 46 valence electrons. The minimum absolute atomic E-state index is 0.153. The van der Waals surface area contributed by atoms with Crippen molar-refractivity contribution in [3.8, 4) is 0 Å². The van der Waals surface area contributed by atoms with E-state index in [0.29, 0.717) is 12.8 Å². The SMILES string of the molecule is [CH2]CCC(=O)[N+](C)C. The van der Waals surface area contributed by atoms with E-state index in [2.05, 4.69) is 6.92 Å². The zero-order valence-electron chi connectivity index (χ0n) is 5.48. The van der Waals surface area contributed by atoms with Gasteiger partial charge in [-0.15, -0.1) is 4.90 Å². The number of nitrogens with zero attached hydrogens (tertiary/aromatic N) is 1. The van der Waals surface area contributed by atoms with Crippen LogP contribution in [0.2, 0.25) is 0 Å². The van der Waals surface area contributed by atoms with Crippen LogP contribution in [0.5, 0.6) is 0 Å². The summed E-state index contributed by atoms with van der Waals surface area (Å²) in [5, 5.41) is 0. The molecule has 0 bridgehead atoms. The zero-order chi connectivity index (χ0) is 6.57. The molecule has 0 aromatic heterocycles. The molecule has 0 aliphatic heterocycles. The van der Waals surface area contributed by atoms with Crippen LogP contribution in [0, 0.1) is 6.92 Å². The van der Waals surface area contributed by atoms with Crippen molar-refractivity contribution in [2.75, 3.05) is 14.1 Å². The lowest BCUT2D eigenvalue weighted by molar-refractivity contribution is -0.124. The van der Waals surface area contributed by atoms with Crippen molar-refractivity contribution in [2.45, 2.75) is 12.8 Å². The van der Waals surface area contributed by atoms with Gasteiger partial charge in [-0.2, -0.15) is 0 Å². The minimum atomic E-state index is 0.153. The van der Waals surface area contributed by atoms with Crippen molar-refractivity contribution >= 4 is 5.91 Å². The van der Waals surface area contributed by atoms with E-state index in [9.17, 15) is 4.79 Å². The molecule has 0 saturated carbocycles. The highest BCUT2D eigenvalue weighted by Gasteiger charge is 2.11. The van der Waals surface area contributed by atoms with Crippen molar-refractivity contribution in [3.63, 3.8) is 0 Å². The molecule has 0 N–H and O–H groups in total. The van der Waals surface area contributed by atoms with Gasteiger partial charge < -0.3 is 0 Å². The molecular formula is C6H12NO+. The summed E-state index contributed by atoms with van der Waals surface area (Å²) in [5.41, 5.74) is 0. The maximum absolute atomic E-state index is 10.6. The van der Waals surface area contributed by atoms with Gasteiger partial charge in [0.25, 0.3) is 0 Å². The van der Waals surface area contributed by atoms with E-state index in [1.807, 2.05) is 0 Å². The summed E-state index contributed by atoms with van der Waals surface area (Å²) in [6.07, 6.45) is 1.25. The summed E-state index contributed by atoms with van der Waals surface area (Å²) in [6.45, 7) is 3.56. The number of carbonyl (C=O) groups is 1. The highest BCUT2D eigenvalue weighted by atomic mass is 16.2. The first-order valence-corrected chi connectivity index (χ1v) is 2.68. The van der Waals surface area contributed by atoms with Gasteiger partial charge in [0.1, 0.15) is 14.1 Å². The molecule has 0 aliphatic carbocycles. The molecule has 0 fully saturated rings. The fourth-order valence-electron chi connectivity index (χ4n) is 0.375. The molecule has 0 spiro atoms. The van der Waals surface area contributed by atoms with Gasteiger partial charge in [-0.05, 0) is 6.42 Å². The third kappa shape index (κ3) is 2.75. The molecule has 1 amide bonds. The smallest absolute Gasteiger partial charge is 0.225 e. The minimum Gasteiger partial charge on any atom is -0.225 e. The van der Waals surface area contributed by atoms with Crippen LogP contribution in [0.1, 0.15) is 12.8 Å². The zero-order valence-corrected chi connectivity index (χ0v) is 5.48. The maximum atomic E-state index is 10.6. The second-order valence-electron chi connectivity index (χ2n) is 1.89. The number of hydrogen-bond acceptors (Lipinski definition) is 1. The van der Waals surface area contributed by atoms with Crippen LogP contribution in [0.3, 0.4) is 0 Å². The van der Waals surface area contributed by atoms with E-state index in [1.54, 1.807) is 19.0 Å². The summed E-state index contributed by atoms with van der Waals surface area (Å²) in [5.74, 6) is 0.153. The van der Waals surface area contributed by atoms with Crippen LogP contribution in [0.15, 0.2) is 0 Å². The molecule has 2 heteroatoms. The Labute approximate surface area is 50.5 Å². The lowest BCUT2D eigenvalue weighted by atomic mass is 10.3. The van der Waals surface area contributed by atoms with Crippen molar-refractivity contribution in [3.05, 3.63) is 6.92 Å². The Bertz CT molecular complexity index is 78.6. The van der Waals surface area contributed by atoms with Crippen LogP contribution < -0.4 is 4.90 Å². The third-order valence-electron chi connectivity index (χ3n) is 0.889. The van der Waals surface area contributed by atoms with Gasteiger partial charge in [-0.1, -0.05) is 6.92 Å². The predicted octanol–water partition coefficient (Wildman–Crippen LogP) is 0.527. The summed E-state index contributed by atoms with van der Waals surface area (Å²) in [7, 11) is 3.50. The molecule has 2 radical (unpaired) electrons. The maximum Gasteiger partial charge on any atom is 0.360 e. The third-order valence-corrected chi connectivity index (χ3v) is 0.889. The number of carbonyl (C=O) groups excluding carboxylic acids is 1. The summed E-state index contributed by atoms with van der Waals surface area (Å²) >= 11 is 0. The van der Waals surface area contributed by atoms with E-state index in [4.69, 9.17) is 0 Å². The van der Waals surface area contributed by atoms with Crippen LogP contribution in [0.25, 0.3) is 0 Å². The van der Waals surface area contributed by atoms with E-state index < -0.39 is 0 Å². The fraction of sp³-hybridized carbons (Fsp3) is 0.667. The van der Waals surface area contributed by atoms with Gasteiger partial charge in [-0.3, -0.25) is 0 Å². The topological polar surface area (TPSA) is 23.0 Å². The number of rotatable bonds is 2. The second-order valence-corrected chi connectivity index (χ2v) is 1.89. The molecule has 0 aliphatic rings. The Morgan fingerprint density at radius 2 is 2.12 bits per heavy atom. The van der Waals surface area contributed by atoms with Gasteiger partial charge in [0.2, 0.25) is 0 Å². The largest absolute Gasteiger partial charge is 0.360 e. The molecule has 0 unspecified atom stereocenters. The average Bonchev–Trinajstić information content (AvgIpc) is 1.67. The van der Waals surface area contributed by atoms with E-state index in [-0.39, 0.29) is 5.91 Å². The number of amides is 1. The van der Waals surface area contributed by atoms with E-state index in [1.165, 1.54) is 0 Å². The molecule has 8 heavy (non-hydrogen) atoms.